The Balaban J connectivity index is 1.43. The normalized spacial score (nSPS) is 10.3. The Kier molecular flexibility index (Phi) is 6.94. The maximum atomic E-state index is 13.1. The van der Waals surface area contributed by atoms with E-state index < -0.39 is 29.5 Å². The molecule has 0 unspecified atom stereocenters. The Bertz CT molecular complexity index is 1090. The van der Waals surface area contributed by atoms with E-state index in [2.05, 4.69) is 21.3 Å². The number of rotatable bonds is 7. The summed E-state index contributed by atoms with van der Waals surface area (Å²) < 4.78 is 31.1. The highest BCUT2D eigenvalue weighted by atomic mass is 19.2. The molecule has 3 rings (SSSR count). The van der Waals surface area contributed by atoms with Gasteiger partial charge in [-0.3, -0.25) is 9.59 Å². The van der Waals surface area contributed by atoms with Gasteiger partial charge in [0.2, 0.25) is 5.91 Å². The molecule has 3 aromatic rings. The molecule has 1 heterocycles. The Hall–Kier alpha value is -4.21. The molecule has 0 radical (unpaired) electrons. The van der Waals surface area contributed by atoms with E-state index in [1.165, 1.54) is 18.4 Å². The molecule has 2 aromatic carbocycles. The first-order valence-corrected chi connectivity index (χ1v) is 9.11. The summed E-state index contributed by atoms with van der Waals surface area (Å²) in [4.78, 5) is 35.7. The fraction of sp³-hybridized carbons (Fsp3) is 0.0952. The SMILES string of the molecule is O=C(CNC(=O)NCc1cccc(NC(=O)c2ccco2)c1)Nc1ccc(F)c(F)c1. The largest absolute Gasteiger partial charge is 0.459 e. The lowest BCUT2D eigenvalue weighted by atomic mass is 10.2. The summed E-state index contributed by atoms with van der Waals surface area (Å²) in [6, 6.07) is 12.3. The van der Waals surface area contributed by atoms with Gasteiger partial charge in [-0.1, -0.05) is 12.1 Å². The summed E-state index contributed by atoms with van der Waals surface area (Å²) in [5.41, 5.74) is 1.30. The van der Waals surface area contributed by atoms with E-state index in [1.54, 1.807) is 30.3 Å². The zero-order valence-corrected chi connectivity index (χ0v) is 16.1. The van der Waals surface area contributed by atoms with Crippen LogP contribution < -0.4 is 21.3 Å². The third-order valence-electron chi connectivity index (χ3n) is 4.00. The highest BCUT2D eigenvalue weighted by Gasteiger charge is 2.10. The first-order valence-electron chi connectivity index (χ1n) is 9.11. The van der Waals surface area contributed by atoms with Crippen LogP contribution in [-0.4, -0.2) is 24.4 Å². The summed E-state index contributed by atoms with van der Waals surface area (Å²) in [6.07, 6.45) is 1.39. The molecular formula is C21H18F2N4O4. The summed E-state index contributed by atoms with van der Waals surface area (Å²) in [7, 11) is 0. The number of carbonyl (C=O) groups excluding carboxylic acids is 3. The lowest BCUT2D eigenvalue weighted by Gasteiger charge is -2.10. The van der Waals surface area contributed by atoms with Crippen LogP contribution in [-0.2, 0) is 11.3 Å². The van der Waals surface area contributed by atoms with Gasteiger partial charge in [0.05, 0.1) is 12.8 Å². The van der Waals surface area contributed by atoms with E-state index in [0.717, 1.165) is 12.1 Å². The van der Waals surface area contributed by atoms with E-state index in [4.69, 9.17) is 4.42 Å². The average molecular weight is 428 g/mol. The van der Waals surface area contributed by atoms with Crippen LogP contribution in [0.2, 0.25) is 0 Å². The first-order chi connectivity index (χ1) is 14.9. The van der Waals surface area contributed by atoms with E-state index >= 15 is 0 Å². The van der Waals surface area contributed by atoms with Crippen LogP contribution in [0.3, 0.4) is 0 Å². The summed E-state index contributed by atoms with van der Waals surface area (Å²) in [5.74, 6) is -2.96. The molecule has 0 spiro atoms. The molecule has 0 fully saturated rings. The number of urea groups is 1. The van der Waals surface area contributed by atoms with Crippen LogP contribution in [0.1, 0.15) is 16.1 Å². The molecule has 4 N–H and O–H groups in total. The van der Waals surface area contributed by atoms with Crippen molar-refractivity contribution >= 4 is 29.2 Å². The van der Waals surface area contributed by atoms with Crippen molar-refractivity contribution in [1.29, 1.82) is 0 Å². The van der Waals surface area contributed by atoms with Crippen molar-refractivity contribution in [3.8, 4) is 0 Å². The second kappa shape index (κ2) is 10.0. The van der Waals surface area contributed by atoms with Crippen LogP contribution in [0.4, 0.5) is 25.0 Å². The average Bonchev–Trinajstić information content (AvgIpc) is 3.29. The van der Waals surface area contributed by atoms with Crippen LogP contribution in [0, 0.1) is 11.6 Å². The minimum atomic E-state index is -1.09. The molecule has 0 aliphatic rings. The van der Waals surface area contributed by atoms with Crippen molar-refractivity contribution in [2.24, 2.45) is 0 Å². The number of hydrogen-bond acceptors (Lipinski definition) is 4. The van der Waals surface area contributed by atoms with Gasteiger partial charge < -0.3 is 25.7 Å². The lowest BCUT2D eigenvalue weighted by molar-refractivity contribution is -0.115. The minimum Gasteiger partial charge on any atom is -0.459 e. The molecule has 10 heteroatoms. The van der Waals surface area contributed by atoms with Crippen molar-refractivity contribution in [1.82, 2.24) is 10.6 Å². The molecule has 0 bridgehead atoms. The number of anilines is 2. The predicted octanol–water partition coefficient (Wildman–Crippen LogP) is 3.25. The van der Waals surface area contributed by atoms with Gasteiger partial charge >= 0.3 is 6.03 Å². The predicted molar refractivity (Wildman–Crippen MR) is 108 cm³/mol. The number of amides is 4. The van der Waals surface area contributed by atoms with E-state index in [1.807, 2.05) is 0 Å². The van der Waals surface area contributed by atoms with Crippen molar-refractivity contribution < 1.29 is 27.6 Å². The topological polar surface area (TPSA) is 112 Å². The summed E-state index contributed by atoms with van der Waals surface area (Å²) >= 11 is 0. The summed E-state index contributed by atoms with van der Waals surface area (Å²) in [6.45, 7) is -0.231. The Morgan fingerprint density at radius 3 is 2.39 bits per heavy atom. The maximum absolute atomic E-state index is 13.1. The van der Waals surface area contributed by atoms with Gasteiger partial charge in [0, 0.05) is 24.0 Å². The van der Waals surface area contributed by atoms with Gasteiger partial charge in [0.15, 0.2) is 17.4 Å². The minimum absolute atomic E-state index is 0.0690. The van der Waals surface area contributed by atoms with Gasteiger partial charge in [0.25, 0.3) is 5.91 Å². The molecule has 0 saturated carbocycles. The number of furan rings is 1. The monoisotopic (exact) mass is 428 g/mol. The fourth-order valence-electron chi connectivity index (χ4n) is 2.54. The maximum Gasteiger partial charge on any atom is 0.315 e. The number of nitrogens with one attached hydrogen (secondary N) is 4. The van der Waals surface area contributed by atoms with Crippen LogP contribution in [0.25, 0.3) is 0 Å². The Morgan fingerprint density at radius 2 is 1.65 bits per heavy atom. The molecule has 0 aliphatic heterocycles. The molecule has 0 aliphatic carbocycles. The second-order valence-corrected chi connectivity index (χ2v) is 6.35. The van der Waals surface area contributed by atoms with Crippen molar-refractivity contribution in [2.75, 3.05) is 17.2 Å². The molecular weight excluding hydrogens is 410 g/mol. The molecule has 8 nitrogen and oxygen atoms in total. The van der Waals surface area contributed by atoms with E-state index in [9.17, 15) is 23.2 Å². The van der Waals surface area contributed by atoms with Gasteiger partial charge in [-0.2, -0.15) is 0 Å². The van der Waals surface area contributed by atoms with Crippen LogP contribution in [0.5, 0.6) is 0 Å². The van der Waals surface area contributed by atoms with E-state index in [-0.39, 0.29) is 24.5 Å². The Labute approximate surface area is 175 Å². The van der Waals surface area contributed by atoms with Gasteiger partial charge in [0.1, 0.15) is 0 Å². The number of hydrogen-bond donors (Lipinski definition) is 4. The Morgan fingerprint density at radius 1 is 0.839 bits per heavy atom. The number of halogens is 2. The zero-order chi connectivity index (χ0) is 22.2. The standard InChI is InChI=1S/C21H18F2N4O4/c22-16-7-6-15(10-17(16)23)26-19(28)12-25-21(30)24-11-13-3-1-4-14(9-13)27-20(29)18-5-2-8-31-18/h1-10H,11-12H2,(H,26,28)(H,27,29)(H2,24,25,30). The van der Waals surface area contributed by atoms with Crippen LogP contribution >= 0.6 is 0 Å². The zero-order valence-electron chi connectivity index (χ0n) is 16.1. The second-order valence-electron chi connectivity index (χ2n) is 6.35. The molecule has 160 valence electrons. The summed E-state index contributed by atoms with van der Waals surface area (Å²) in [5, 5.41) is 9.94. The van der Waals surface area contributed by atoms with Crippen molar-refractivity contribution in [3.05, 3.63) is 83.8 Å². The van der Waals surface area contributed by atoms with Crippen LogP contribution in [0.15, 0.2) is 65.3 Å². The fourth-order valence-corrected chi connectivity index (χ4v) is 2.54. The third-order valence-corrected chi connectivity index (χ3v) is 4.00. The van der Waals surface area contributed by atoms with Crippen molar-refractivity contribution in [2.45, 2.75) is 6.54 Å². The molecule has 1 aromatic heterocycles. The number of benzene rings is 2. The van der Waals surface area contributed by atoms with Gasteiger partial charge in [-0.15, -0.1) is 0 Å². The lowest BCUT2D eigenvalue weighted by Crippen LogP contribution is -2.39. The molecule has 0 saturated heterocycles. The van der Waals surface area contributed by atoms with Crippen molar-refractivity contribution in [3.63, 3.8) is 0 Å². The highest BCUT2D eigenvalue weighted by Crippen LogP contribution is 2.13. The molecule has 4 amide bonds. The van der Waals surface area contributed by atoms with Gasteiger partial charge in [-0.25, -0.2) is 13.6 Å². The smallest absolute Gasteiger partial charge is 0.315 e. The number of carbonyl (C=O) groups is 3. The highest BCUT2D eigenvalue weighted by molar-refractivity contribution is 6.02. The third kappa shape index (κ3) is 6.39. The van der Waals surface area contributed by atoms with Gasteiger partial charge in [-0.05, 0) is 42.0 Å². The molecule has 0 atom stereocenters. The molecule has 31 heavy (non-hydrogen) atoms. The first kappa shape index (κ1) is 21.5. The van der Waals surface area contributed by atoms with E-state index in [0.29, 0.717) is 11.3 Å². The quantitative estimate of drug-likeness (QED) is 0.463.